The zero-order valence-electron chi connectivity index (χ0n) is 9.76. The number of aryl methyl sites for hydroxylation is 1. The quantitative estimate of drug-likeness (QED) is 0.712. The third-order valence-corrected chi connectivity index (χ3v) is 2.89. The molecule has 18 heavy (non-hydrogen) atoms. The van der Waals surface area contributed by atoms with Crippen LogP contribution in [0.2, 0.25) is 0 Å². The second-order valence-corrected chi connectivity index (χ2v) is 4.07. The number of hydrogen-bond acceptors (Lipinski definition) is 3. The van der Waals surface area contributed by atoms with Crippen molar-refractivity contribution in [3.63, 3.8) is 0 Å². The monoisotopic (exact) mass is 242 g/mol. The lowest BCUT2D eigenvalue weighted by atomic mass is 10.3. The molecule has 0 aliphatic heterocycles. The molecule has 0 bridgehead atoms. The van der Waals surface area contributed by atoms with Crippen LogP contribution < -0.4 is 5.73 Å². The van der Waals surface area contributed by atoms with Gasteiger partial charge in [-0.2, -0.15) is 0 Å². The first-order valence-electron chi connectivity index (χ1n) is 5.49. The van der Waals surface area contributed by atoms with Crippen molar-refractivity contribution in [2.45, 2.75) is 0 Å². The van der Waals surface area contributed by atoms with Crippen molar-refractivity contribution < 1.29 is 4.39 Å². The summed E-state index contributed by atoms with van der Waals surface area (Å²) in [6, 6.07) is 8.02. The van der Waals surface area contributed by atoms with Crippen molar-refractivity contribution in [1.29, 1.82) is 0 Å². The first kappa shape index (κ1) is 10.7. The van der Waals surface area contributed by atoms with Gasteiger partial charge in [0.1, 0.15) is 11.5 Å². The van der Waals surface area contributed by atoms with Crippen LogP contribution in [0.5, 0.6) is 0 Å². The van der Waals surface area contributed by atoms with Gasteiger partial charge < -0.3 is 10.3 Å². The van der Waals surface area contributed by atoms with E-state index >= 15 is 0 Å². The van der Waals surface area contributed by atoms with Crippen LogP contribution in [-0.2, 0) is 7.05 Å². The zero-order chi connectivity index (χ0) is 12.7. The number of anilines is 1. The predicted molar refractivity (Wildman–Crippen MR) is 68.3 cm³/mol. The van der Waals surface area contributed by atoms with Crippen LogP contribution in [0.1, 0.15) is 0 Å². The smallest absolute Gasteiger partial charge is 0.161 e. The van der Waals surface area contributed by atoms with Gasteiger partial charge in [0.2, 0.25) is 0 Å². The molecular formula is C13H11FN4. The second kappa shape index (κ2) is 3.80. The van der Waals surface area contributed by atoms with Crippen molar-refractivity contribution >= 4 is 16.7 Å². The Morgan fingerprint density at radius 1 is 1.28 bits per heavy atom. The Balaban J connectivity index is 2.31. The minimum atomic E-state index is -0.286. The third kappa shape index (κ3) is 1.52. The number of nitrogen functional groups attached to an aromatic ring is 1. The number of hydrogen-bond donors (Lipinski definition) is 1. The van der Waals surface area contributed by atoms with Gasteiger partial charge in [-0.15, -0.1) is 0 Å². The summed E-state index contributed by atoms with van der Waals surface area (Å²) >= 11 is 0. The topological polar surface area (TPSA) is 56.7 Å². The molecule has 0 unspecified atom stereocenters. The highest BCUT2D eigenvalue weighted by Gasteiger charge is 2.13. The normalized spacial score (nSPS) is 11.0. The van der Waals surface area contributed by atoms with Crippen LogP contribution in [0.15, 0.2) is 36.5 Å². The van der Waals surface area contributed by atoms with E-state index in [0.29, 0.717) is 17.2 Å². The van der Waals surface area contributed by atoms with Crippen molar-refractivity contribution in [2.75, 3.05) is 5.73 Å². The minimum absolute atomic E-state index is 0.286. The highest BCUT2D eigenvalue weighted by atomic mass is 19.1. The lowest BCUT2D eigenvalue weighted by Crippen LogP contribution is -1.98. The highest BCUT2D eigenvalue weighted by molar-refractivity contribution is 5.82. The Kier molecular flexibility index (Phi) is 2.26. The van der Waals surface area contributed by atoms with Gasteiger partial charge in [0.05, 0.1) is 16.7 Å². The third-order valence-electron chi connectivity index (χ3n) is 2.89. The second-order valence-electron chi connectivity index (χ2n) is 4.07. The molecule has 0 saturated heterocycles. The summed E-state index contributed by atoms with van der Waals surface area (Å²) in [5.74, 6) is 0.347. The van der Waals surface area contributed by atoms with E-state index < -0.39 is 0 Å². The summed E-state index contributed by atoms with van der Waals surface area (Å²) in [7, 11) is 1.82. The first-order chi connectivity index (χ1) is 8.66. The first-order valence-corrected chi connectivity index (χ1v) is 5.49. The standard InChI is InChI=1S/C13H11FN4/c1-18-11-7-8(14)4-5-10(11)17-13(18)12-9(15)3-2-6-16-12/h2-7H,15H2,1H3. The summed E-state index contributed by atoms with van der Waals surface area (Å²) in [5.41, 5.74) is 8.48. The van der Waals surface area contributed by atoms with E-state index in [2.05, 4.69) is 9.97 Å². The molecule has 0 aliphatic rings. The molecule has 4 nitrogen and oxygen atoms in total. The molecule has 0 atom stereocenters. The van der Waals surface area contributed by atoms with E-state index in [4.69, 9.17) is 5.73 Å². The van der Waals surface area contributed by atoms with E-state index in [1.54, 1.807) is 29.0 Å². The molecule has 0 radical (unpaired) electrons. The van der Waals surface area contributed by atoms with Crippen LogP contribution in [0.4, 0.5) is 10.1 Å². The molecule has 90 valence electrons. The van der Waals surface area contributed by atoms with Crippen LogP contribution in [0.3, 0.4) is 0 Å². The average molecular weight is 242 g/mol. The fourth-order valence-electron chi connectivity index (χ4n) is 1.98. The van der Waals surface area contributed by atoms with Crippen LogP contribution in [0.25, 0.3) is 22.6 Å². The Morgan fingerprint density at radius 3 is 2.89 bits per heavy atom. The van der Waals surface area contributed by atoms with Crippen LogP contribution >= 0.6 is 0 Å². The number of rotatable bonds is 1. The number of imidazole rings is 1. The number of nitrogens with zero attached hydrogens (tertiary/aromatic N) is 3. The summed E-state index contributed by atoms with van der Waals surface area (Å²) in [4.78, 5) is 8.66. The fourth-order valence-corrected chi connectivity index (χ4v) is 1.98. The predicted octanol–water partition coefficient (Wildman–Crippen LogP) is 2.36. The molecule has 3 rings (SSSR count). The van der Waals surface area contributed by atoms with Crippen molar-refractivity contribution in [3.8, 4) is 11.5 Å². The van der Waals surface area contributed by atoms with Gasteiger partial charge in [-0.3, -0.25) is 4.98 Å². The number of nitrogens with two attached hydrogens (primary N) is 1. The molecule has 1 aromatic carbocycles. The number of pyridine rings is 1. The highest BCUT2D eigenvalue weighted by Crippen LogP contribution is 2.26. The van der Waals surface area contributed by atoms with E-state index in [1.165, 1.54) is 12.1 Å². The minimum Gasteiger partial charge on any atom is -0.397 e. The maximum absolute atomic E-state index is 13.2. The lowest BCUT2D eigenvalue weighted by Gasteiger charge is -2.04. The van der Waals surface area contributed by atoms with E-state index in [9.17, 15) is 4.39 Å². The molecular weight excluding hydrogens is 231 g/mol. The van der Waals surface area contributed by atoms with Crippen LogP contribution in [-0.4, -0.2) is 14.5 Å². The molecule has 0 aliphatic carbocycles. The van der Waals surface area contributed by atoms with Crippen molar-refractivity contribution in [2.24, 2.45) is 7.05 Å². The lowest BCUT2D eigenvalue weighted by molar-refractivity contribution is 0.629. The maximum Gasteiger partial charge on any atom is 0.161 e. The van der Waals surface area contributed by atoms with Crippen molar-refractivity contribution in [3.05, 3.63) is 42.3 Å². The zero-order valence-corrected chi connectivity index (χ0v) is 9.76. The molecule has 0 saturated carbocycles. The number of benzene rings is 1. The summed E-state index contributed by atoms with van der Waals surface area (Å²) < 4.78 is 15.0. The molecule has 2 heterocycles. The Labute approximate surface area is 103 Å². The summed E-state index contributed by atoms with van der Waals surface area (Å²) in [6.07, 6.45) is 1.66. The van der Waals surface area contributed by atoms with Gasteiger partial charge in [0, 0.05) is 13.2 Å². The van der Waals surface area contributed by atoms with E-state index in [1.807, 2.05) is 7.05 Å². The molecule has 2 aromatic heterocycles. The Hall–Kier alpha value is -2.43. The maximum atomic E-state index is 13.2. The molecule has 0 amide bonds. The van der Waals surface area contributed by atoms with Crippen LogP contribution in [0, 0.1) is 5.82 Å². The van der Waals surface area contributed by atoms with Gasteiger partial charge in [0.15, 0.2) is 5.82 Å². The molecule has 0 spiro atoms. The number of halogens is 1. The summed E-state index contributed by atoms with van der Waals surface area (Å²) in [5, 5.41) is 0. The largest absolute Gasteiger partial charge is 0.397 e. The fraction of sp³-hybridized carbons (Fsp3) is 0.0769. The van der Waals surface area contributed by atoms with Crippen molar-refractivity contribution in [1.82, 2.24) is 14.5 Å². The molecule has 5 heteroatoms. The van der Waals surface area contributed by atoms with Gasteiger partial charge in [-0.25, -0.2) is 9.37 Å². The number of fused-ring (bicyclic) bond motifs is 1. The van der Waals surface area contributed by atoms with E-state index in [-0.39, 0.29) is 5.82 Å². The van der Waals surface area contributed by atoms with Gasteiger partial charge in [-0.05, 0) is 30.3 Å². The number of aromatic nitrogens is 3. The SMILES string of the molecule is Cn1c(-c2ncccc2N)nc2ccc(F)cc21. The van der Waals surface area contributed by atoms with Gasteiger partial charge >= 0.3 is 0 Å². The molecule has 2 N–H and O–H groups in total. The Morgan fingerprint density at radius 2 is 2.11 bits per heavy atom. The van der Waals surface area contributed by atoms with E-state index in [0.717, 1.165) is 11.0 Å². The average Bonchev–Trinajstić information content (AvgIpc) is 2.68. The molecule has 3 aromatic rings. The molecule has 0 fully saturated rings. The van der Waals surface area contributed by atoms with Gasteiger partial charge in [0.25, 0.3) is 0 Å². The van der Waals surface area contributed by atoms with Gasteiger partial charge in [-0.1, -0.05) is 0 Å². The Bertz CT molecular complexity index is 733. The summed E-state index contributed by atoms with van der Waals surface area (Å²) in [6.45, 7) is 0.